The second-order valence-electron chi connectivity index (χ2n) is 6.17. The number of nitrogens with zero attached hydrogens (tertiary/aromatic N) is 1. The van der Waals surface area contributed by atoms with Crippen LogP contribution in [0.25, 0.3) is 0 Å². The van der Waals surface area contributed by atoms with E-state index in [0.717, 1.165) is 38.3 Å². The summed E-state index contributed by atoms with van der Waals surface area (Å²) in [7, 11) is 0. The Hall–Kier alpha value is -1.52. The van der Waals surface area contributed by atoms with Crippen molar-refractivity contribution < 1.29 is 4.74 Å². The average Bonchev–Trinajstić information content (AvgIpc) is 2.66. The molecule has 0 radical (unpaired) electrons. The van der Waals surface area contributed by atoms with E-state index in [0.29, 0.717) is 12.6 Å². The highest BCUT2D eigenvalue weighted by Gasteiger charge is 2.21. The van der Waals surface area contributed by atoms with E-state index in [1.54, 1.807) is 0 Å². The average molecular weight is 395 g/mol. The topological polar surface area (TPSA) is 24.5 Å². The minimum absolute atomic E-state index is 0. The minimum atomic E-state index is 0. The Morgan fingerprint density at radius 2 is 1.77 bits per heavy atom. The lowest BCUT2D eigenvalue weighted by Crippen LogP contribution is -2.45. The highest BCUT2D eigenvalue weighted by Crippen LogP contribution is 2.28. The summed E-state index contributed by atoms with van der Waals surface area (Å²) < 4.78 is 5.99. The first-order valence-corrected chi connectivity index (χ1v) is 8.69. The van der Waals surface area contributed by atoms with Crippen LogP contribution in [0, 0.1) is 0 Å². The highest BCUT2D eigenvalue weighted by atomic mass is 35.5. The Morgan fingerprint density at radius 3 is 2.46 bits per heavy atom. The van der Waals surface area contributed by atoms with Crippen molar-refractivity contribution >= 4 is 24.8 Å². The molecule has 2 aromatic rings. The summed E-state index contributed by atoms with van der Waals surface area (Å²) in [5, 5.41) is 3.42. The lowest BCUT2D eigenvalue weighted by molar-refractivity contribution is 0.174. The second kappa shape index (κ2) is 12.0. The number of piperazine rings is 1. The first-order chi connectivity index (χ1) is 11.9. The Bertz CT molecular complexity index is 645. The predicted molar refractivity (Wildman–Crippen MR) is 114 cm³/mol. The molecular formula is C21H28Cl2N2O. The van der Waals surface area contributed by atoms with E-state index in [1.165, 1.54) is 11.1 Å². The molecule has 26 heavy (non-hydrogen) atoms. The summed E-state index contributed by atoms with van der Waals surface area (Å²) in [6.45, 7) is 8.81. The van der Waals surface area contributed by atoms with Gasteiger partial charge in [0.15, 0.2) is 0 Å². The summed E-state index contributed by atoms with van der Waals surface area (Å²) in [6, 6.07) is 19.2. The van der Waals surface area contributed by atoms with Crippen LogP contribution in [0.5, 0.6) is 5.75 Å². The van der Waals surface area contributed by atoms with Crippen molar-refractivity contribution in [2.45, 2.75) is 19.1 Å². The molecule has 1 aliphatic rings. The van der Waals surface area contributed by atoms with Gasteiger partial charge in [0, 0.05) is 32.2 Å². The largest absolute Gasteiger partial charge is 0.489 e. The van der Waals surface area contributed by atoms with E-state index >= 15 is 0 Å². The smallest absolute Gasteiger partial charge is 0.120 e. The van der Waals surface area contributed by atoms with Gasteiger partial charge in [-0.25, -0.2) is 0 Å². The molecule has 0 amide bonds. The van der Waals surface area contributed by atoms with Gasteiger partial charge in [-0.2, -0.15) is 0 Å². The molecule has 5 heteroatoms. The molecule has 0 bridgehead atoms. The molecule has 1 aliphatic heterocycles. The van der Waals surface area contributed by atoms with Gasteiger partial charge in [0.25, 0.3) is 0 Å². The molecule has 1 saturated heterocycles. The Morgan fingerprint density at radius 1 is 1.04 bits per heavy atom. The van der Waals surface area contributed by atoms with E-state index < -0.39 is 0 Å². The van der Waals surface area contributed by atoms with Crippen LogP contribution in [0.4, 0.5) is 0 Å². The number of benzene rings is 2. The maximum atomic E-state index is 5.99. The van der Waals surface area contributed by atoms with Crippen LogP contribution in [0.15, 0.2) is 67.3 Å². The third-order valence-corrected chi connectivity index (χ3v) is 4.47. The van der Waals surface area contributed by atoms with Crippen molar-refractivity contribution in [3.05, 3.63) is 78.4 Å². The molecule has 1 N–H and O–H groups in total. The molecule has 142 valence electrons. The third kappa shape index (κ3) is 6.33. The van der Waals surface area contributed by atoms with Gasteiger partial charge in [-0.15, -0.1) is 31.4 Å². The molecule has 1 heterocycles. The normalized spacial score (nSPS) is 15.2. The molecular weight excluding hydrogens is 367 g/mol. The zero-order valence-electron chi connectivity index (χ0n) is 15.0. The molecule has 3 rings (SSSR count). The first kappa shape index (κ1) is 22.5. The van der Waals surface area contributed by atoms with Crippen molar-refractivity contribution in [1.29, 1.82) is 0 Å². The standard InChI is InChI=1S/C21H26N2O.2ClH/c1-2-7-21(23-14-12-22-13-15-23)19-10-6-11-20(16-19)24-17-18-8-4-3-5-9-18;;/h2-6,8-11,16,21-22H,1,7,12-15,17H2;2*1H/t21-;;/m0../s1. The number of ether oxygens (including phenoxy) is 1. The number of nitrogens with one attached hydrogen (secondary N) is 1. The molecule has 1 fully saturated rings. The van der Waals surface area contributed by atoms with E-state index in [-0.39, 0.29) is 24.8 Å². The number of hydrogen-bond donors (Lipinski definition) is 1. The van der Waals surface area contributed by atoms with Crippen molar-refractivity contribution in [3.63, 3.8) is 0 Å². The Balaban J connectivity index is 0.00000169. The monoisotopic (exact) mass is 394 g/mol. The fourth-order valence-corrected chi connectivity index (χ4v) is 3.20. The van der Waals surface area contributed by atoms with Crippen LogP contribution in [-0.4, -0.2) is 31.1 Å². The molecule has 0 unspecified atom stereocenters. The zero-order valence-corrected chi connectivity index (χ0v) is 16.6. The van der Waals surface area contributed by atoms with Gasteiger partial charge in [-0.05, 0) is 29.7 Å². The van der Waals surface area contributed by atoms with Gasteiger partial charge < -0.3 is 10.1 Å². The van der Waals surface area contributed by atoms with Crippen LogP contribution in [0.1, 0.15) is 23.6 Å². The molecule has 0 spiro atoms. The zero-order chi connectivity index (χ0) is 16.6. The Labute approximate surface area is 169 Å². The SMILES string of the molecule is C=CC[C@@H](c1cccc(OCc2ccccc2)c1)N1CCNCC1.Cl.Cl. The third-order valence-electron chi connectivity index (χ3n) is 4.47. The van der Waals surface area contributed by atoms with E-state index in [9.17, 15) is 0 Å². The highest BCUT2D eigenvalue weighted by molar-refractivity contribution is 5.85. The summed E-state index contributed by atoms with van der Waals surface area (Å²) in [6.07, 6.45) is 2.98. The van der Waals surface area contributed by atoms with Crippen LogP contribution >= 0.6 is 24.8 Å². The molecule has 0 aromatic heterocycles. The number of halogens is 2. The quantitative estimate of drug-likeness (QED) is 0.692. The Kier molecular flexibility index (Phi) is 10.4. The summed E-state index contributed by atoms with van der Waals surface area (Å²) in [5.74, 6) is 0.931. The van der Waals surface area contributed by atoms with Crippen molar-refractivity contribution in [2.24, 2.45) is 0 Å². The predicted octanol–water partition coefficient (Wildman–Crippen LogP) is 4.63. The first-order valence-electron chi connectivity index (χ1n) is 8.69. The second-order valence-corrected chi connectivity index (χ2v) is 6.17. The van der Waals surface area contributed by atoms with Crippen LogP contribution in [-0.2, 0) is 6.61 Å². The van der Waals surface area contributed by atoms with Crippen LogP contribution in [0.2, 0.25) is 0 Å². The van der Waals surface area contributed by atoms with Crippen molar-refractivity contribution in [3.8, 4) is 5.75 Å². The van der Waals surface area contributed by atoms with Gasteiger partial charge in [-0.1, -0.05) is 48.5 Å². The van der Waals surface area contributed by atoms with Crippen LogP contribution < -0.4 is 10.1 Å². The van der Waals surface area contributed by atoms with E-state index in [1.807, 2.05) is 30.3 Å². The lowest BCUT2D eigenvalue weighted by Gasteiger charge is -2.35. The number of rotatable bonds is 7. The van der Waals surface area contributed by atoms with Gasteiger partial charge in [0.1, 0.15) is 12.4 Å². The van der Waals surface area contributed by atoms with E-state index in [2.05, 4.69) is 47.1 Å². The number of hydrogen-bond acceptors (Lipinski definition) is 3. The van der Waals surface area contributed by atoms with Crippen molar-refractivity contribution in [2.75, 3.05) is 26.2 Å². The molecule has 2 aromatic carbocycles. The summed E-state index contributed by atoms with van der Waals surface area (Å²) in [5.41, 5.74) is 2.50. The molecule has 3 nitrogen and oxygen atoms in total. The van der Waals surface area contributed by atoms with Gasteiger partial charge in [-0.3, -0.25) is 4.90 Å². The fraction of sp³-hybridized carbons (Fsp3) is 0.333. The van der Waals surface area contributed by atoms with E-state index in [4.69, 9.17) is 4.74 Å². The molecule has 1 atom stereocenters. The van der Waals surface area contributed by atoms with Crippen LogP contribution in [0.3, 0.4) is 0 Å². The maximum absolute atomic E-state index is 5.99. The van der Waals surface area contributed by atoms with Gasteiger partial charge >= 0.3 is 0 Å². The molecule has 0 saturated carbocycles. The fourth-order valence-electron chi connectivity index (χ4n) is 3.20. The summed E-state index contributed by atoms with van der Waals surface area (Å²) >= 11 is 0. The van der Waals surface area contributed by atoms with Gasteiger partial charge in [0.05, 0.1) is 0 Å². The molecule has 0 aliphatic carbocycles. The van der Waals surface area contributed by atoms with Gasteiger partial charge in [0.2, 0.25) is 0 Å². The lowest BCUT2D eigenvalue weighted by atomic mass is 10.0. The summed E-state index contributed by atoms with van der Waals surface area (Å²) in [4.78, 5) is 2.54. The van der Waals surface area contributed by atoms with Crippen molar-refractivity contribution in [1.82, 2.24) is 10.2 Å². The maximum Gasteiger partial charge on any atom is 0.120 e. The minimum Gasteiger partial charge on any atom is -0.489 e.